The Hall–Kier alpha value is -2.82. The summed E-state index contributed by atoms with van der Waals surface area (Å²) in [5.74, 6) is 1.07. The van der Waals surface area contributed by atoms with Gasteiger partial charge in [-0.2, -0.15) is 0 Å². The van der Waals surface area contributed by atoms with Crippen LogP contribution in [0, 0.1) is 0 Å². The Morgan fingerprint density at radius 3 is 2.94 bits per heavy atom. The van der Waals surface area contributed by atoms with Crippen LogP contribution in [-0.2, 0) is 11.4 Å². The number of ether oxygens (including phenoxy) is 1. The second-order valence-corrected chi connectivity index (χ2v) is 9.45. The highest BCUT2D eigenvalue weighted by Crippen LogP contribution is 2.38. The van der Waals surface area contributed by atoms with Crippen molar-refractivity contribution in [1.29, 1.82) is 0 Å². The van der Waals surface area contributed by atoms with Crippen molar-refractivity contribution in [3.8, 4) is 16.2 Å². The third kappa shape index (κ3) is 5.23. The van der Waals surface area contributed by atoms with Crippen LogP contribution in [0.4, 0.5) is 5.82 Å². The lowest BCUT2D eigenvalue weighted by atomic mass is 10.0. The van der Waals surface area contributed by atoms with Gasteiger partial charge in [0.05, 0.1) is 35.8 Å². The van der Waals surface area contributed by atoms with E-state index in [2.05, 4.69) is 19.9 Å². The van der Waals surface area contributed by atoms with Crippen molar-refractivity contribution in [2.75, 3.05) is 39.5 Å². The van der Waals surface area contributed by atoms with Crippen molar-refractivity contribution in [1.82, 2.24) is 24.8 Å². The van der Waals surface area contributed by atoms with E-state index in [9.17, 15) is 9.90 Å². The molecule has 0 spiro atoms. The maximum absolute atomic E-state index is 12.8. The fourth-order valence-corrected chi connectivity index (χ4v) is 4.94. The van der Waals surface area contributed by atoms with Crippen molar-refractivity contribution in [3.63, 3.8) is 0 Å². The zero-order valence-corrected chi connectivity index (χ0v) is 19.8. The summed E-state index contributed by atoms with van der Waals surface area (Å²) in [5, 5.41) is 10.0. The van der Waals surface area contributed by atoms with E-state index in [1.807, 2.05) is 26.2 Å². The van der Waals surface area contributed by atoms with Gasteiger partial charge in [-0.15, -0.1) is 11.3 Å². The highest BCUT2D eigenvalue weighted by Gasteiger charge is 2.28. The van der Waals surface area contributed by atoms with Gasteiger partial charge in [0.2, 0.25) is 5.91 Å². The summed E-state index contributed by atoms with van der Waals surface area (Å²) in [5.41, 5.74) is 7.99. The van der Waals surface area contributed by atoms with E-state index in [1.165, 1.54) is 17.5 Å². The Morgan fingerprint density at radius 1 is 1.33 bits per heavy atom. The molecule has 2 aromatic heterocycles. The highest BCUT2D eigenvalue weighted by atomic mass is 32.1. The molecule has 1 aliphatic heterocycles. The lowest BCUT2D eigenvalue weighted by Gasteiger charge is -2.34. The van der Waals surface area contributed by atoms with Crippen molar-refractivity contribution in [2.45, 2.75) is 38.3 Å². The zero-order valence-electron chi connectivity index (χ0n) is 19.0. The predicted molar refractivity (Wildman–Crippen MR) is 129 cm³/mol. The van der Waals surface area contributed by atoms with E-state index in [0.29, 0.717) is 47.2 Å². The van der Waals surface area contributed by atoms with E-state index in [-0.39, 0.29) is 18.6 Å². The molecule has 0 aliphatic carbocycles. The third-order valence-corrected chi connectivity index (χ3v) is 6.97. The number of hydrogen-bond acceptors (Lipinski definition) is 9. The molecule has 3 N–H and O–H groups in total. The molecule has 3 heterocycles. The summed E-state index contributed by atoms with van der Waals surface area (Å²) in [6.07, 6.45) is 7.08. The molecule has 1 amide bonds. The van der Waals surface area contributed by atoms with E-state index in [4.69, 9.17) is 10.5 Å². The third-order valence-electron chi connectivity index (χ3n) is 5.96. The SMILES string of the molecule is CN(CCCOc1c(-c2cnc(CO)s2)ccc2ncc(N)nc12)C(=O)C1CCCCN1C. The van der Waals surface area contributed by atoms with Gasteiger partial charge in [-0.1, -0.05) is 6.42 Å². The fraction of sp³-hybridized carbons (Fsp3) is 0.478. The lowest BCUT2D eigenvalue weighted by Crippen LogP contribution is -2.48. The lowest BCUT2D eigenvalue weighted by molar-refractivity contribution is -0.136. The Kier molecular flexibility index (Phi) is 7.36. The van der Waals surface area contributed by atoms with Crippen LogP contribution in [0.2, 0.25) is 0 Å². The molecular formula is C23H30N6O3S. The second kappa shape index (κ2) is 10.4. The Bertz CT molecular complexity index is 1120. The van der Waals surface area contributed by atoms with Crippen LogP contribution >= 0.6 is 11.3 Å². The van der Waals surface area contributed by atoms with Gasteiger partial charge in [-0.05, 0) is 45.0 Å². The second-order valence-electron chi connectivity index (χ2n) is 8.34. The summed E-state index contributed by atoms with van der Waals surface area (Å²) < 4.78 is 6.21. The topological polar surface area (TPSA) is 118 Å². The highest BCUT2D eigenvalue weighted by molar-refractivity contribution is 7.15. The molecule has 0 radical (unpaired) electrons. The van der Waals surface area contributed by atoms with Crippen LogP contribution in [0.1, 0.15) is 30.7 Å². The number of amides is 1. The Balaban J connectivity index is 1.47. The molecule has 176 valence electrons. The number of benzene rings is 1. The minimum absolute atomic E-state index is 0.0281. The van der Waals surface area contributed by atoms with Crippen molar-refractivity contribution >= 4 is 34.1 Å². The minimum Gasteiger partial charge on any atom is -0.490 e. The van der Waals surface area contributed by atoms with Gasteiger partial charge in [0.25, 0.3) is 0 Å². The summed E-state index contributed by atoms with van der Waals surface area (Å²) in [6, 6.07) is 3.76. The maximum Gasteiger partial charge on any atom is 0.239 e. The van der Waals surface area contributed by atoms with Gasteiger partial charge in [0, 0.05) is 25.4 Å². The maximum atomic E-state index is 12.8. The number of aromatic nitrogens is 3. The molecule has 0 bridgehead atoms. The molecule has 1 atom stereocenters. The number of piperidine rings is 1. The van der Waals surface area contributed by atoms with Gasteiger partial charge in [0.1, 0.15) is 16.3 Å². The number of aliphatic hydroxyl groups is 1. The Labute approximate surface area is 197 Å². The van der Waals surface area contributed by atoms with Crippen LogP contribution in [0.25, 0.3) is 21.5 Å². The predicted octanol–water partition coefficient (Wildman–Crippen LogP) is 2.54. The first-order valence-electron chi connectivity index (χ1n) is 11.2. The van der Waals surface area contributed by atoms with Crippen molar-refractivity contribution in [3.05, 3.63) is 29.5 Å². The number of fused-ring (bicyclic) bond motifs is 1. The van der Waals surface area contributed by atoms with Crippen LogP contribution in [0.3, 0.4) is 0 Å². The molecule has 1 fully saturated rings. The molecule has 1 aliphatic rings. The molecule has 33 heavy (non-hydrogen) atoms. The number of rotatable bonds is 8. The van der Waals surface area contributed by atoms with Gasteiger partial charge >= 0.3 is 0 Å². The van der Waals surface area contributed by atoms with Gasteiger partial charge < -0.3 is 20.5 Å². The van der Waals surface area contributed by atoms with Crippen LogP contribution in [0.15, 0.2) is 24.5 Å². The first-order chi connectivity index (χ1) is 16.0. The number of aliphatic hydroxyl groups excluding tert-OH is 1. The monoisotopic (exact) mass is 470 g/mol. The van der Waals surface area contributed by atoms with E-state index >= 15 is 0 Å². The van der Waals surface area contributed by atoms with Gasteiger partial charge in [0.15, 0.2) is 5.75 Å². The van der Waals surface area contributed by atoms with Gasteiger partial charge in [-0.3, -0.25) is 14.7 Å². The average molecular weight is 471 g/mol. The van der Waals surface area contributed by atoms with E-state index in [1.54, 1.807) is 11.1 Å². The average Bonchev–Trinajstić information content (AvgIpc) is 3.30. The number of carbonyl (C=O) groups excluding carboxylic acids is 1. The zero-order chi connectivity index (χ0) is 23.4. The smallest absolute Gasteiger partial charge is 0.239 e. The number of likely N-dealkylation sites (N-methyl/N-ethyl adjacent to an activating group) is 2. The van der Waals surface area contributed by atoms with E-state index in [0.717, 1.165) is 36.2 Å². The molecule has 10 heteroatoms. The minimum atomic E-state index is -0.113. The number of anilines is 1. The fourth-order valence-electron chi connectivity index (χ4n) is 4.14. The summed E-state index contributed by atoms with van der Waals surface area (Å²) in [4.78, 5) is 30.7. The number of carbonyl (C=O) groups is 1. The van der Waals surface area contributed by atoms with Crippen LogP contribution in [0.5, 0.6) is 5.75 Å². The molecule has 1 saturated heterocycles. The van der Waals surface area contributed by atoms with Crippen LogP contribution in [-0.4, -0.2) is 75.6 Å². The summed E-state index contributed by atoms with van der Waals surface area (Å²) in [6.45, 7) is 1.87. The summed E-state index contributed by atoms with van der Waals surface area (Å²) >= 11 is 1.40. The molecule has 4 rings (SSSR count). The molecule has 9 nitrogen and oxygen atoms in total. The first kappa shape index (κ1) is 23.3. The largest absolute Gasteiger partial charge is 0.490 e. The number of thiazole rings is 1. The normalized spacial score (nSPS) is 16.8. The van der Waals surface area contributed by atoms with Gasteiger partial charge in [-0.25, -0.2) is 9.97 Å². The molecule has 1 unspecified atom stereocenters. The number of nitrogen functional groups attached to an aromatic ring is 1. The quantitative estimate of drug-likeness (QED) is 0.482. The number of nitrogens with two attached hydrogens (primary N) is 1. The number of hydrogen-bond donors (Lipinski definition) is 2. The molecule has 3 aromatic rings. The standard InChI is InChI=1S/C23H30N6O3S/c1-28-9-4-3-6-17(28)23(31)29(2)10-5-11-32-22-15(18-12-26-20(14-30)33-18)7-8-16-21(22)27-19(24)13-25-16/h7-8,12-13,17,30H,3-6,9-11,14H2,1-2H3,(H2,24,27). The van der Waals surface area contributed by atoms with Crippen molar-refractivity contribution < 1.29 is 14.6 Å². The number of nitrogens with zero attached hydrogens (tertiary/aromatic N) is 5. The molecule has 1 aromatic carbocycles. The van der Waals surface area contributed by atoms with Crippen molar-refractivity contribution in [2.24, 2.45) is 0 Å². The molecule has 0 saturated carbocycles. The van der Waals surface area contributed by atoms with E-state index < -0.39 is 0 Å². The Morgan fingerprint density at radius 2 is 2.18 bits per heavy atom. The van der Waals surface area contributed by atoms with Crippen LogP contribution < -0.4 is 10.5 Å². The summed E-state index contributed by atoms with van der Waals surface area (Å²) in [7, 11) is 3.88. The first-order valence-corrected chi connectivity index (χ1v) is 12.0. The molecular weight excluding hydrogens is 440 g/mol. The number of likely N-dealkylation sites (tertiary alicyclic amines) is 1.